The van der Waals surface area contributed by atoms with Crippen molar-refractivity contribution in [1.29, 1.82) is 5.41 Å². The van der Waals surface area contributed by atoms with Gasteiger partial charge in [0.05, 0.1) is 5.01 Å². The SMILES string of the molecule is C=CN=C(Nc1ccc(N)c(C=N)c1)c1nc(CCCC(=O)O)sc1C. The molecule has 2 aromatic rings. The van der Waals surface area contributed by atoms with E-state index in [0.717, 1.165) is 15.6 Å². The van der Waals surface area contributed by atoms with Crippen LogP contribution in [0, 0.1) is 12.3 Å². The van der Waals surface area contributed by atoms with Crippen molar-refractivity contribution in [2.45, 2.75) is 26.2 Å². The largest absolute Gasteiger partial charge is 0.481 e. The molecule has 136 valence electrons. The Bertz CT molecular complexity index is 857. The van der Waals surface area contributed by atoms with Gasteiger partial charge in [0.15, 0.2) is 5.84 Å². The van der Waals surface area contributed by atoms with Crippen LogP contribution in [0.4, 0.5) is 11.4 Å². The zero-order valence-electron chi connectivity index (χ0n) is 14.5. The average Bonchev–Trinajstić information content (AvgIpc) is 2.96. The predicted molar refractivity (Wildman–Crippen MR) is 107 cm³/mol. The summed E-state index contributed by atoms with van der Waals surface area (Å²) in [6.07, 6.45) is 3.90. The molecule has 5 N–H and O–H groups in total. The molecule has 0 saturated carbocycles. The number of hydrogen-bond acceptors (Lipinski definition) is 6. The molecule has 0 aliphatic rings. The normalized spacial score (nSPS) is 11.2. The van der Waals surface area contributed by atoms with E-state index in [1.165, 1.54) is 23.8 Å². The second-order valence-corrected chi connectivity index (χ2v) is 6.82. The number of benzene rings is 1. The van der Waals surface area contributed by atoms with Crippen molar-refractivity contribution in [2.24, 2.45) is 4.99 Å². The number of carboxylic acids is 1. The second-order valence-electron chi connectivity index (χ2n) is 5.53. The van der Waals surface area contributed by atoms with Crippen molar-refractivity contribution in [3.63, 3.8) is 0 Å². The quantitative estimate of drug-likeness (QED) is 0.321. The highest BCUT2D eigenvalue weighted by Gasteiger charge is 2.14. The minimum absolute atomic E-state index is 0.123. The molecule has 0 radical (unpaired) electrons. The molecule has 0 saturated heterocycles. The molecule has 1 heterocycles. The van der Waals surface area contributed by atoms with Crippen molar-refractivity contribution in [2.75, 3.05) is 11.1 Å². The topological polar surface area (TPSA) is 124 Å². The Kier molecular flexibility index (Phi) is 6.62. The maximum Gasteiger partial charge on any atom is 0.303 e. The van der Waals surface area contributed by atoms with Gasteiger partial charge in [0.1, 0.15) is 5.69 Å². The van der Waals surface area contributed by atoms with Crippen LogP contribution >= 0.6 is 11.3 Å². The lowest BCUT2D eigenvalue weighted by molar-refractivity contribution is -0.137. The highest BCUT2D eigenvalue weighted by atomic mass is 32.1. The summed E-state index contributed by atoms with van der Waals surface area (Å²) in [5, 5.41) is 20.2. The first-order valence-electron chi connectivity index (χ1n) is 7.98. The molecule has 2 rings (SSSR count). The van der Waals surface area contributed by atoms with Crippen LogP contribution in [0.3, 0.4) is 0 Å². The summed E-state index contributed by atoms with van der Waals surface area (Å²) < 4.78 is 0. The molecule has 0 unspecified atom stereocenters. The summed E-state index contributed by atoms with van der Waals surface area (Å²) in [7, 11) is 0. The van der Waals surface area contributed by atoms with Crippen LogP contribution in [0.15, 0.2) is 36.0 Å². The van der Waals surface area contributed by atoms with Crippen molar-refractivity contribution >= 4 is 40.7 Å². The van der Waals surface area contributed by atoms with Gasteiger partial charge in [-0.15, -0.1) is 11.3 Å². The summed E-state index contributed by atoms with van der Waals surface area (Å²) in [6.45, 7) is 5.59. The van der Waals surface area contributed by atoms with Crippen molar-refractivity contribution in [3.8, 4) is 0 Å². The first-order chi connectivity index (χ1) is 12.4. The van der Waals surface area contributed by atoms with Gasteiger partial charge >= 0.3 is 5.97 Å². The lowest BCUT2D eigenvalue weighted by Gasteiger charge is -2.10. The predicted octanol–water partition coefficient (Wildman–Crippen LogP) is 3.44. The van der Waals surface area contributed by atoms with Gasteiger partial charge < -0.3 is 21.6 Å². The number of nitrogens with zero attached hydrogens (tertiary/aromatic N) is 2. The maximum atomic E-state index is 10.7. The molecule has 7 nitrogen and oxygen atoms in total. The number of carbonyl (C=O) groups is 1. The smallest absolute Gasteiger partial charge is 0.303 e. The molecule has 0 fully saturated rings. The summed E-state index contributed by atoms with van der Waals surface area (Å²) in [5.74, 6) is -0.265. The highest BCUT2D eigenvalue weighted by Crippen LogP contribution is 2.22. The van der Waals surface area contributed by atoms with E-state index in [1.54, 1.807) is 18.2 Å². The third-order valence-corrected chi connectivity index (χ3v) is 4.60. The van der Waals surface area contributed by atoms with E-state index in [2.05, 4.69) is 21.9 Å². The number of carboxylic acid groups (broad SMARTS) is 1. The third-order valence-electron chi connectivity index (χ3n) is 3.57. The minimum Gasteiger partial charge on any atom is -0.481 e. The van der Waals surface area contributed by atoms with Crippen LogP contribution in [0.25, 0.3) is 0 Å². The fourth-order valence-corrected chi connectivity index (χ4v) is 3.30. The van der Waals surface area contributed by atoms with E-state index in [1.807, 2.05) is 6.92 Å². The Morgan fingerprint density at radius 1 is 1.54 bits per heavy atom. The van der Waals surface area contributed by atoms with Gasteiger partial charge in [-0.3, -0.25) is 4.79 Å². The van der Waals surface area contributed by atoms with E-state index >= 15 is 0 Å². The number of nitrogens with one attached hydrogen (secondary N) is 2. The molecule has 1 aromatic carbocycles. The number of aryl methyl sites for hydroxylation is 2. The molecule has 0 aliphatic carbocycles. The van der Waals surface area contributed by atoms with Crippen LogP contribution in [-0.2, 0) is 11.2 Å². The number of hydrogen-bond donors (Lipinski definition) is 4. The molecular formula is C18H21N5O2S. The second kappa shape index (κ2) is 8.91. The Morgan fingerprint density at radius 3 is 2.96 bits per heavy atom. The summed E-state index contributed by atoms with van der Waals surface area (Å²) in [4.78, 5) is 20.5. The summed E-state index contributed by atoms with van der Waals surface area (Å²) in [5.41, 5.74) is 8.39. The molecule has 26 heavy (non-hydrogen) atoms. The molecule has 1 aromatic heterocycles. The van der Waals surface area contributed by atoms with Gasteiger partial charge in [0.25, 0.3) is 0 Å². The lowest BCUT2D eigenvalue weighted by atomic mass is 10.1. The fraction of sp³-hybridized carbons (Fsp3) is 0.222. The molecule has 0 aliphatic heterocycles. The molecule has 0 amide bonds. The van der Waals surface area contributed by atoms with Gasteiger partial charge in [0, 0.05) is 40.7 Å². The molecule has 8 heteroatoms. The number of aliphatic imine (C=N–C) groups is 1. The minimum atomic E-state index is -0.806. The van der Waals surface area contributed by atoms with E-state index in [0.29, 0.717) is 35.6 Å². The fourth-order valence-electron chi connectivity index (χ4n) is 2.33. The highest BCUT2D eigenvalue weighted by molar-refractivity contribution is 7.11. The van der Waals surface area contributed by atoms with Crippen LogP contribution in [-0.4, -0.2) is 28.1 Å². The Balaban J connectivity index is 2.23. The number of nitrogens with two attached hydrogens (primary N) is 1. The van der Waals surface area contributed by atoms with Gasteiger partial charge in [-0.05, 0) is 38.0 Å². The molecule has 0 atom stereocenters. The third kappa shape index (κ3) is 5.00. The Labute approximate surface area is 155 Å². The standard InChI is InChI=1S/C18H21N5O2S/c1-3-21-18(22-13-7-8-14(20)12(9-13)10-19)17-11(2)26-15(23-17)5-4-6-16(24)25/h3,7-10,19H,1,4-6,20H2,2H3,(H,21,22)(H,24,25). The van der Waals surface area contributed by atoms with Crippen LogP contribution in [0.1, 0.15) is 34.0 Å². The number of anilines is 2. The zero-order valence-corrected chi connectivity index (χ0v) is 15.3. The number of thiazole rings is 1. The summed E-state index contributed by atoms with van der Waals surface area (Å²) >= 11 is 1.53. The van der Waals surface area contributed by atoms with Crippen molar-refractivity contribution in [3.05, 3.63) is 52.1 Å². The number of nitrogen functional groups attached to an aromatic ring is 1. The first kappa shape index (κ1) is 19.3. The number of rotatable bonds is 8. The van der Waals surface area contributed by atoms with Gasteiger partial charge in [-0.1, -0.05) is 6.58 Å². The number of aliphatic carboxylic acids is 1. The monoisotopic (exact) mass is 371 g/mol. The van der Waals surface area contributed by atoms with Crippen LogP contribution in [0.5, 0.6) is 0 Å². The van der Waals surface area contributed by atoms with Crippen molar-refractivity contribution < 1.29 is 9.90 Å². The zero-order chi connectivity index (χ0) is 19.1. The van der Waals surface area contributed by atoms with Gasteiger partial charge in [-0.25, -0.2) is 9.98 Å². The Hall–Kier alpha value is -3.00. The van der Waals surface area contributed by atoms with E-state index < -0.39 is 5.97 Å². The molecule has 0 spiro atoms. The number of amidine groups is 1. The average molecular weight is 371 g/mol. The molecular weight excluding hydrogens is 350 g/mol. The summed E-state index contributed by atoms with van der Waals surface area (Å²) in [6, 6.07) is 5.28. The van der Waals surface area contributed by atoms with Gasteiger partial charge in [-0.2, -0.15) is 0 Å². The van der Waals surface area contributed by atoms with Crippen LogP contribution < -0.4 is 11.1 Å². The lowest BCUT2D eigenvalue weighted by Crippen LogP contribution is -2.15. The van der Waals surface area contributed by atoms with Gasteiger partial charge in [0.2, 0.25) is 0 Å². The van der Waals surface area contributed by atoms with E-state index in [9.17, 15) is 4.79 Å². The Morgan fingerprint density at radius 2 is 2.31 bits per heavy atom. The van der Waals surface area contributed by atoms with E-state index in [4.69, 9.17) is 16.2 Å². The van der Waals surface area contributed by atoms with Crippen LogP contribution in [0.2, 0.25) is 0 Å². The molecule has 0 bridgehead atoms. The first-order valence-corrected chi connectivity index (χ1v) is 8.80. The van der Waals surface area contributed by atoms with E-state index in [-0.39, 0.29) is 6.42 Å². The van der Waals surface area contributed by atoms with Crippen molar-refractivity contribution in [1.82, 2.24) is 4.98 Å². The number of aromatic nitrogens is 1. The maximum absolute atomic E-state index is 10.7.